The number of nitro groups is 1. The Bertz CT molecular complexity index is 572. The molecule has 0 aromatic heterocycles. The Morgan fingerprint density at radius 1 is 0.900 bits per heavy atom. The average Bonchev–Trinajstić information content (AvgIpc) is 2.49. The van der Waals surface area contributed by atoms with Gasteiger partial charge >= 0.3 is 0 Å². The predicted octanol–water partition coefficient (Wildman–Crippen LogP) is 4.11. The standard InChI is InChI=1S/C16H18N2O2/c1-3-17(4-2)15-9-5-13(6-10-15)14-7-11-16(12-8-14)18(19)20/h5-12H,3-4H2,1-2H3. The Labute approximate surface area is 118 Å². The van der Waals surface area contributed by atoms with Gasteiger partial charge in [-0.15, -0.1) is 0 Å². The molecule has 0 aliphatic heterocycles. The Balaban J connectivity index is 2.23. The number of anilines is 1. The van der Waals surface area contributed by atoms with E-state index in [2.05, 4.69) is 43.0 Å². The topological polar surface area (TPSA) is 46.4 Å². The molecule has 20 heavy (non-hydrogen) atoms. The van der Waals surface area contributed by atoms with E-state index in [9.17, 15) is 10.1 Å². The minimum Gasteiger partial charge on any atom is -0.372 e. The molecule has 0 N–H and O–H groups in total. The molecule has 0 aliphatic carbocycles. The number of rotatable bonds is 5. The van der Waals surface area contributed by atoms with Crippen LogP contribution in [-0.2, 0) is 0 Å². The van der Waals surface area contributed by atoms with Crippen LogP contribution in [0.25, 0.3) is 11.1 Å². The maximum Gasteiger partial charge on any atom is 0.269 e. The lowest BCUT2D eigenvalue weighted by molar-refractivity contribution is -0.384. The molecule has 4 heteroatoms. The van der Waals surface area contributed by atoms with Crippen molar-refractivity contribution >= 4 is 11.4 Å². The molecule has 0 bridgehead atoms. The van der Waals surface area contributed by atoms with Gasteiger partial charge < -0.3 is 4.90 Å². The lowest BCUT2D eigenvalue weighted by Crippen LogP contribution is -2.21. The minimum absolute atomic E-state index is 0.119. The Kier molecular flexibility index (Phi) is 4.35. The lowest BCUT2D eigenvalue weighted by atomic mass is 10.0. The molecule has 2 aromatic rings. The number of hydrogen-bond acceptors (Lipinski definition) is 3. The van der Waals surface area contributed by atoms with Crippen molar-refractivity contribution in [2.24, 2.45) is 0 Å². The van der Waals surface area contributed by atoms with Crippen LogP contribution in [0.4, 0.5) is 11.4 Å². The SMILES string of the molecule is CCN(CC)c1ccc(-c2ccc([N+](=O)[O-])cc2)cc1. The normalized spacial score (nSPS) is 10.3. The van der Waals surface area contributed by atoms with Gasteiger partial charge in [-0.05, 0) is 49.2 Å². The summed E-state index contributed by atoms with van der Waals surface area (Å²) in [7, 11) is 0. The van der Waals surface area contributed by atoms with E-state index in [4.69, 9.17) is 0 Å². The summed E-state index contributed by atoms with van der Waals surface area (Å²) in [5.74, 6) is 0. The summed E-state index contributed by atoms with van der Waals surface area (Å²) in [6.07, 6.45) is 0. The van der Waals surface area contributed by atoms with Crippen LogP contribution in [0, 0.1) is 10.1 Å². The predicted molar refractivity (Wildman–Crippen MR) is 82.1 cm³/mol. The Hall–Kier alpha value is -2.36. The molecule has 0 amide bonds. The quantitative estimate of drug-likeness (QED) is 0.606. The largest absolute Gasteiger partial charge is 0.372 e. The van der Waals surface area contributed by atoms with Crippen molar-refractivity contribution in [3.8, 4) is 11.1 Å². The molecule has 0 heterocycles. The second-order valence-corrected chi connectivity index (χ2v) is 4.52. The molecule has 0 radical (unpaired) electrons. The third-order valence-electron chi connectivity index (χ3n) is 3.41. The highest BCUT2D eigenvalue weighted by Gasteiger charge is 2.06. The van der Waals surface area contributed by atoms with Crippen molar-refractivity contribution in [3.05, 3.63) is 58.6 Å². The van der Waals surface area contributed by atoms with Crippen LogP contribution in [0.1, 0.15) is 13.8 Å². The highest BCUT2D eigenvalue weighted by molar-refractivity contribution is 5.67. The van der Waals surface area contributed by atoms with Crippen molar-refractivity contribution in [1.29, 1.82) is 0 Å². The van der Waals surface area contributed by atoms with Gasteiger partial charge in [-0.3, -0.25) is 10.1 Å². The first-order chi connectivity index (χ1) is 9.65. The van der Waals surface area contributed by atoms with Gasteiger partial charge in [0.25, 0.3) is 5.69 Å². The second kappa shape index (κ2) is 6.19. The molecule has 104 valence electrons. The Morgan fingerprint density at radius 3 is 1.75 bits per heavy atom. The van der Waals surface area contributed by atoms with Crippen molar-refractivity contribution in [3.63, 3.8) is 0 Å². The van der Waals surface area contributed by atoms with Crippen molar-refractivity contribution in [1.82, 2.24) is 0 Å². The molecular formula is C16H18N2O2. The van der Waals surface area contributed by atoms with Crippen molar-refractivity contribution in [2.45, 2.75) is 13.8 Å². The number of non-ortho nitro benzene ring substituents is 1. The first-order valence-electron chi connectivity index (χ1n) is 6.75. The zero-order valence-corrected chi connectivity index (χ0v) is 11.7. The summed E-state index contributed by atoms with van der Waals surface area (Å²) in [6, 6.07) is 14.9. The first-order valence-corrected chi connectivity index (χ1v) is 6.75. The van der Waals surface area contributed by atoms with Crippen LogP contribution in [0.2, 0.25) is 0 Å². The van der Waals surface area contributed by atoms with Crippen molar-refractivity contribution < 1.29 is 4.92 Å². The molecule has 0 fully saturated rings. The van der Waals surface area contributed by atoms with Crippen LogP contribution < -0.4 is 4.90 Å². The van der Waals surface area contributed by atoms with Crippen LogP contribution in [0.5, 0.6) is 0 Å². The van der Waals surface area contributed by atoms with Crippen LogP contribution in [0.15, 0.2) is 48.5 Å². The number of hydrogen-bond donors (Lipinski definition) is 0. The maximum atomic E-state index is 10.6. The number of nitro benzene ring substituents is 1. The monoisotopic (exact) mass is 270 g/mol. The van der Waals surface area contributed by atoms with Gasteiger partial charge in [0.1, 0.15) is 0 Å². The average molecular weight is 270 g/mol. The fourth-order valence-corrected chi connectivity index (χ4v) is 2.23. The lowest BCUT2D eigenvalue weighted by Gasteiger charge is -2.21. The molecule has 0 spiro atoms. The van der Waals surface area contributed by atoms with Gasteiger partial charge in [0.2, 0.25) is 0 Å². The van der Waals surface area contributed by atoms with Crippen molar-refractivity contribution in [2.75, 3.05) is 18.0 Å². The molecule has 0 unspecified atom stereocenters. The van der Waals surface area contributed by atoms with Gasteiger partial charge in [0.15, 0.2) is 0 Å². The van der Waals surface area contributed by atoms with E-state index in [1.165, 1.54) is 17.8 Å². The maximum absolute atomic E-state index is 10.6. The molecule has 2 rings (SSSR count). The summed E-state index contributed by atoms with van der Waals surface area (Å²) < 4.78 is 0. The zero-order chi connectivity index (χ0) is 14.5. The molecule has 0 saturated carbocycles. The molecular weight excluding hydrogens is 252 g/mol. The molecule has 0 aliphatic rings. The molecule has 0 saturated heterocycles. The summed E-state index contributed by atoms with van der Waals surface area (Å²) in [4.78, 5) is 12.5. The first kappa shape index (κ1) is 14.1. The minimum atomic E-state index is -0.382. The van der Waals surface area contributed by atoms with Gasteiger partial charge in [-0.25, -0.2) is 0 Å². The van der Waals surface area contributed by atoms with Crippen LogP contribution >= 0.6 is 0 Å². The highest BCUT2D eigenvalue weighted by atomic mass is 16.6. The summed E-state index contributed by atoms with van der Waals surface area (Å²) >= 11 is 0. The molecule has 2 aromatic carbocycles. The molecule has 0 atom stereocenters. The summed E-state index contributed by atoms with van der Waals surface area (Å²) in [5.41, 5.74) is 3.37. The molecule has 4 nitrogen and oxygen atoms in total. The van der Waals surface area contributed by atoms with E-state index in [1.807, 2.05) is 0 Å². The fourth-order valence-electron chi connectivity index (χ4n) is 2.23. The second-order valence-electron chi connectivity index (χ2n) is 4.52. The van der Waals surface area contributed by atoms with E-state index in [-0.39, 0.29) is 10.6 Å². The number of benzene rings is 2. The van der Waals surface area contributed by atoms with E-state index < -0.39 is 0 Å². The van der Waals surface area contributed by atoms with Crippen LogP contribution in [-0.4, -0.2) is 18.0 Å². The van der Waals surface area contributed by atoms with E-state index in [1.54, 1.807) is 12.1 Å². The van der Waals surface area contributed by atoms with Gasteiger partial charge in [-0.2, -0.15) is 0 Å². The fraction of sp³-hybridized carbons (Fsp3) is 0.250. The van der Waals surface area contributed by atoms with E-state index in [0.717, 1.165) is 24.2 Å². The van der Waals surface area contributed by atoms with E-state index >= 15 is 0 Å². The Morgan fingerprint density at radius 2 is 1.35 bits per heavy atom. The summed E-state index contributed by atoms with van der Waals surface area (Å²) in [5, 5.41) is 10.6. The van der Waals surface area contributed by atoms with Gasteiger partial charge in [0.05, 0.1) is 4.92 Å². The smallest absolute Gasteiger partial charge is 0.269 e. The van der Waals surface area contributed by atoms with Gasteiger partial charge in [-0.1, -0.05) is 12.1 Å². The summed E-state index contributed by atoms with van der Waals surface area (Å²) in [6.45, 7) is 6.22. The zero-order valence-electron chi connectivity index (χ0n) is 11.7. The van der Waals surface area contributed by atoms with Gasteiger partial charge in [0, 0.05) is 30.9 Å². The third kappa shape index (κ3) is 2.96. The highest BCUT2D eigenvalue weighted by Crippen LogP contribution is 2.25. The third-order valence-corrected chi connectivity index (χ3v) is 3.41. The van der Waals surface area contributed by atoms with Crippen LogP contribution in [0.3, 0.4) is 0 Å². The number of nitrogens with zero attached hydrogens (tertiary/aromatic N) is 2. The van der Waals surface area contributed by atoms with E-state index in [0.29, 0.717) is 0 Å².